The lowest BCUT2D eigenvalue weighted by atomic mass is 9.58. The van der Waals surface area contributed by atoms with E-state index in [0.29, 0.717) is 12.6 Å². The van der Waals surface area contributed by atoms with Gasteiger partial charge < -0.3 is 15.2 Å². The first-order chi connectivity index (χ1) is 9.91. The van der Waals surface area contributed by atoms with E-state index >= 15 is 0 Å². The predicted molar refractivity (Wildman–Crippen MR) is 80.1 cm³/mol. The Morgan fingerprint density at radius 2 is 1.95 bits per heavy atom. The Morgan fingerprint density at radius 1 is 1.33 bits per heavy atom. The fourth-order valence-corrected chi connectivity index (χ4v) is 3.52. The first-order valence-electron chi connectivity index (χ1n) is 7.71. The van der Waals surface area contributed by atoms with Gasteiger partial charge in [-0.2, -0.15) is 0 Å². The third-order valence-corrected chi connectivity index (χ3v) is 4.79. The SMILES string of the molecule is CCOC1CC(N(C)CC(=O)NCC(=O)O)C1(CC)CC. The van der Waals surface area contributed by atoms with Crippen LogP contribution in [-0.2, 0) is 14.3 Å². The molecule has 2 atom stereocenters. The van der Waals surface area contributed by atoms with Gasteiger partial charge in [-0.1, -0.05) is 13.8 Å². The number of likely N-dealkylation sites (N-methyl/N-ethyl adjacent to an activating group) is 1. The number of ether oxygens (including phenoxy) is 1. The minimum absolute atomic E-state index is 0.0951. The quantitative estimate of drug-likeness (QED) is 0.667. The van der Waals surface area contributed by atoms with Crippen LogP contribution in [0.4, 0.5) is 0 Å². The molecule has 0 aliphatic heterocycles. The number of carbonyl (C=O) groups excluding carboxylic acids is 1. The molecule has 2 unspecified atom stereocenters. The molecule has 1 amide bonds. The van der Waals surface area contributed by atoms with Gasteiger partial charge in [-0.25, -0.2) is 0 Å². The lowest BCUT2D eigenvalue weighted by Gasteiger charge is -2.58. The van der Waals surface area contributed by atoms with E-state index in [-0.39, 0.29) is 30.5 Å². The summed E-state index contributed by atoms with van der Waals surface area (Å²) in [6, 6.07) is 0.305. The molecule has 6 heteroatoms. The van der Waals surface area contributed by atoms with E-state index in [4.69, 9.17) is 9.84 Å². The average Bonchev–Trinajstić information content (AvgIpc) is 2.42. The molecule has 1 saturated carbocycles. The highest BCUT2D eigenvalue weighted by atomic mass is 16.5. The zero-order valence-electron chi connectivity index (χ0n) is 13.5. The Hall–Kier alpha value is -1.14. The second-order valence-corrected chi connectivity index (χ2v) is 5.72. The van der Waals surface area contributed by atoms with E-state index in [0.717, 1.165) is 19.3 Å². The second kappa shape index (κ2) is 7.75. The van der Waals surface area contributed by atoms with Crippen molar-refractivity contribution >= 4 is 11.9 Å². The van der Waals surface area contributed by atoms with Crippen LogP contribution in [0.5, 0.6) is 0 Å². The molecule has 2 N–H and O–H groups in total. The first kappa shape index (κ1) is 17.9. The van der Waals surface area contributed by atoms with Crippen LogP contribution in [0, 0.1) is 5.41 Å². The van der Waals surface area contributed by atoms with Crippen LogP contribution in [0.25, 0.3) is 0 Å². The monoisotopic (exact) mass is 300 g/mol. The predicted octanol–water partition coefficient (Wildman–Crippen LogP) is 1.10. The zero-order chi connectivity index (χ0) is 16.0. The molecule has 1 fully saturated rings. The highest BCUT2D eigenvalue weighted by molar-refractivity contribution is 5.82. The van der Waals surface area contributed by atoms with Crippen LogP contribution in [0.3, 0.4) is 0 Å². The summed E-state index contributed by atoms with van der Waals surface area (Å²) in [5.74, 6) is -1.27. The van der Waals surface area contributed by atoms with Crippen molar-refractivity contribution in [2.75, 3.05) is 26.7 Å². The van der Waals surface area contributed by atoms with Crippen LogP contribution < -0.4 is 5.32 Å². The summed E-state index contributed by atoms with van der Waals surface area (Å²) >= 11 is 0. The molecule has 0 aromatic heterocycles. The molecule has 1 aliphatic rings. The summed E-state index contributed by atoms with van der Waals surface area (Å²) in [6.45, 7) is 6.94. The third-order valence-electron chi connectivity index (χ3n) is 4.79. The van der Waals surface area contributed by atoms with Gasteiger partial charge >= 0.3 is 5.97 Å². The standard InChI is InChI=1S/C15H28N2O4/c1-5-15(6-2)11(8-12(15)21-7-3)17(4)10-13(18)16-9-14(19)20/h11-12H,5-10H2,1-4H3,(H,16,18)(H,19,20). The number of amides is 1. The molecule has 0 aromatic carbocycles. The van der Waals surface area contributed by atoms with Gasteiger partial charge in [-0.05, 0) is 33.2 Å². The third kappa shape index (κ3) is 3.95. The lowest BCUT2D eigenvalue weighted by Crippen LogP contribution is -2.64. The largest absolute Gasteiger partial charge is 0.480 e. The summed E-state index contributed by atoms with van der Waals surface area (Å²) < 4.78 is 5.83. The zero-order valence-corrected chi connectivity index (χ0v) is 13.5. The highest BCUT2D eigenvalue weighted by Gasteiger charge is 2.54. The van der Waals surface area contributed by atoms with E-state index in [1.54, 1.807) is 0 Å². The smallest absolute Gasteiger partial charge is 0.322 e. The molecule has 1 rings (SSSR count). The fraction of sp³-hybridized carbons (Fsp3) is 0.867. The summed E-state index contributed by atoms with van der Waals surface area (Å²) in [6.07, 6.45) is 3.21. The number of nitrogens with one attached hydrogen (secondary N) is 1. The number of hydrogen-bond acceptors (Lipinski definition) is 4. The van der Waals surface area contributed by atoms with Gasteiger partial charge in [0.05, 0.1) is 12.6 Å². The Morgan fingerprint density at radius 3 is 2.43 bits per heavy atom. The molecule has 6 nitrogen and oxygen atoms in total. The van der Waals surface area contributed by atoms with Crippen molar-refractivity contribution < 1.29 is 19.4 Å². The van der Waals surface area contributed by atoms with E-state index in [1.165, 1.54) is 0 Å². The van der Waals surface area contributed by atoms with E-state index in [9.17, 15) is 9.59 Å². The summed E-state index contributed by atoms with van der Waals surface area (Å²) in [5, 5.41) is 11.0. The Labute approximate surface area is 126 Å². The van der Waals surface area contributed by atoms with Crippen molar-refractivity contribution in [1.82, 2.24) is 10.2 Å². The summed E-state index contributed by atoms with van der Waals surface area (Å²) in [4.78, 5) is 24.2. The van der Waals surface area contributed by atoms with Crippen molar-refractivity contribution in [3.8, 4) is 0 Å². The normalized spacial score (nSPS) is 23.7. The number of carboxylic acids is 1. The van der Waals surface area contributed by atoms with Crippen molar-refractivity contribution in [2.45, 2.75) is 52.2 Å². The van der Waals surface area contributed by atoms with Gasteiger partial charge in [0.1, 0.15) is 6.54 Å². The molecule has 0 aromatic rings. The topological polar surface area (TPSA) is 78.9 Å². The van der Waals surface area contributed by atoms with Crippen LogP contribution in [0.2, 0.25) is 0 Å². The number of carbonyl (C=O) groups is 2. The van der Waals surface area contributed by atoms with E-state index < -0.39 is 5.97 Å². The molecule has 0 spiro atoms. The summed E-state index contributed by atoms with van der Waals surface area (Å²) in [5.41, 5.74) is 0.0951. The fourth-order valence-electron chi connectivity index (χ4n) is 3.52. The maximum absolute atomic E-state index is 11.7. The van der Waals surface area contributed by atoms with Crippen LogP contribution in [-0.4, -0.2) is 60.8 Å². The molecular formula is C15H28N2O4. The molecule has 122 valence electrons. The van der Waals surface area contributed by atoms with E-state index in [1.807, 2.05) is 18.9 Å². The molecule has 0 bridgehead atoms. The number of nitrogens with zero attached hydrogens (tertiary/aromatic N) is 1. The maximum atomic E-state index is 11.7. The Kier molecular flexibility index (Phi) is 6.61. The minimum Gasteiger partial charge on any atom is -0.480 e. The van der Waals surface area contributed by atoms with Crippen molar-refractivity contribution in [2.24, 2.45) is 5.41 Å². The minimum atomic E-state index is -1.03. The van der Waals surface area contributed by atoms with Gasteiger partial charge in [0.2, 0.25) is 5.91 Å². The molecule has 0 saturated heterocycles. The highest BCUT2D eigenvalue weighted by Crippen LogP contribution is 2.50. The van der Waals surface area contributed by atoms with Crippen molar-refractivity contribution in [3.05, 3.63) is 0 Å². The first-order valence-corrected chi connectivity index (χ1v) is 7.71. The van der Waals surface area contributed by atoms with Gasteiger partial charge in [-0.15, -0.1) is 0 Å². The number of hydrogen-bond donors (Lipinski definition) is 2. The molecular weight excluding hydrogens is 272 g/mol. The van der Waals surface area contributed by atoms with Crippen molar-refractivity contribution in [3.63, 3.8) is 0 Å². The summed E-state index contributed by atoms with van der Waals surface area (Å²) in [7, 11) is 1.92. The van der Waals surface area contributed by atoms with Gasteiger partial charge in [0.15, 0.2) is 0 Å². The van der Waals surface area contributed by atoms with Crippen LogP contribution in [0.1, 0.15) is 40.0 Å². The average molecular weight is 300 g/mol. The Balaban J connectivity index is 2.59. The van der Waals surface area contributed by atoms with Gasteiger partial charge in [-0.3, -0.25) is 14.5 Å². The van der Waals surface area contributed by atoms with Crippen LogP contribution >= 0.6 is 0 Å². The number of aliphatic carboxylic acids is 1. The van der Waals surface area contributed by atoms with Gasteiger partial charge in [0.25, 0.3) is 0 Å². The molecule has 0 radical (unpaired) electrons. The second-order valence-electron chi connectivity index (χ2n) is 5.72. The van der Waals surface area contributed by atoms with E-state index in [2.05, 4.69) is 19.2 Å². The molecule has 21 heavy (non-hydrogen) atoms. The number of rotatable bonds is 9. The number of carboxylic acid groups (broad SMARTS) is 1. The Bertz CT molecular complexity index is 369. The van der Waals surface area contributed by atoms with Crippen LogP contribution in [0.15, 0.2) is 0 Å². The lowest BCUT2D eigenvalue weighted by molar-refractivity contribution is -0.169. The molecule has 1 aliphatic carbocycles. The van der Waals surface area contributed by atoms with Crippen molar-refractivity contribution in [1.29, 1.82) is 0 Å². The molecule has 0 heterocycles. The van der Waals surface area contributed by atoms with Gasteiger partial charge in [0, 0.05) is 18.1 Å². The maximum Gasteiger partial charge on any atom is 0.322 e.